The topological polar surface area (TPSA) is 69.7 Å². The number of carbonyl (C=O) groups excluding carboxylic acids is 1. The molecule has 2 aromatic carbocycles. The Hall–Kier alpha value is -2.86. The Balaban J connectivity index is 1.80. The van der Waals surface area contributed by atoms with Gasteiger partial charge in [-0.25, -0.2) is 0 Å². The molecule has 0 aromatic heterocycles. The van der Waals surface area contributed by atoms with Gasteiger partial charge in [-0.3, -0.25) is 4.79 Å². The number of ketones is 1. The zero-order chi connectivity index (χ0) is 17.2. The van der Waals surface area contributed by atoms with Crippen LogP contribution in [0.4, 0.5) is 0 Å². The molecule has 6 heteroatoms. The Morgan fingerprint density at radius 2 is 1.83 bits per heavy atom. The summed E-state index contributed by atoms with van der Waals surface area (Å²) in [5.41, 5.74) is 1.37. The molecule has 0 aliphatic carbocycles. The van der Waals surface area contributed by atoms with Crippen LogP contribution in [0.3, 0.4) is 0 Å². The fourth-order valence-electron chi connectivity index (χ4n) is 2.22. The summed E-state index contributed by atoms with van der Waals surface area (Å²) in [7, 11) is -3.63. The summed E-state index contributed by atoms with van der Waals surface area (Å²) in [6.07, 6.45) is 6.10. The molecule has 1 aliphatic rings. The SMILES string of the molecule is CS(=O)(=O)Oc1ccc2c(c1)OC(=CC=Cc1ccccc1)C2=O. The largest absolute Gasteiger partial charge is 0.452 e. The normalized spacial score (nSPS) is 15.5. The minimum Gasteiger partial charge on any atom is -0.452 e. The van der Waals surface area contributed by atoms with E-state index < -0.39 is 10.1 Å². The molecule has 3 rings (SSSR count). The number of fused-ring (bicyclic) bond motifs is 1. The van der Waals surface area contributed by atoms with Gasteiger partial charge in [-0.1, -0.05) is 42.5 Å². The predicted octanol–water partition coefficient (Wildman–Crippen LogP) is 3.20. The quantitative estimate of drug-likeness (QED) is 0.630. The monoisotopic (exact) mass is 342 g/mol. The van der Waals surface area contributed by atoms with Crippen molar-refractivity contribution in [2.24, 2.45) is 0 Å². The molecular weight excluding hydrogens is 328 g/mol. The van der Waals surface area contributed by atoms with Crippen molar-refractivity contribution in [2.45, 2.75) is 0 Å². The Labute approximate surface area is 140 Å². The molecule has 1 aliphatic heterocycles. The molecule has 5 nitrogen and oxygen atoms in total. The molecule has 0 fully saturated rings. The second-order valence-electron chi connectivity index (χ2n) is 5.18. The summed E-state index contributed by atoms with van der Waals surface area (Å²) in [4.78, 5) is 12.2. The molecule has 0 N–H and O–H groups in total. The molecule has 1 heterocycles. The highest BCUT2D eigenvalue weighted by Gasteiger charge is 2.27. The van der Waals surface area contributed by atoms with Crippen molar-refractivity contribution in [1.82, 2.24) is 0 Å². The average molecular weight is 342 g/mol. The van der Waals surface area contributed by atoms with Crippen molar-refractivity contribution in [1.29, 1.82) is 0 Å². The van der Waals surface area contributed by atoms with E-state index in [1.54, 1.807) is 12.2 Å². The number of ether oxygens (including phenoxy) is 1. The van der Waals surface area contributed by atoms with E-state index in [1.807, 2.05) is 36.4 Å². The fourth-order valence-corrected chi connectivity index (χ4v) is 2.67. The van der Waals surface area contributed by atoms with E-state index in [9.17, 15) is 13.2 Å². The Morgan fingerprint density at radius 3 is 2.54 bits per heavy atom. The van der Waals surface area contributed by atoms with Crippen molar-refractivity contribution in [2.75, 3.05) is 6.26 Å². The average Bonchev–Trinajstić information content (AvgIpc) is 2.83. The molecule has 122 valence electrons. The summed E-state index contributed by atoms with van der Waals surface area (Å²) in [6, 6.07) is 13.9. The van der Waals surface area contributed by atoms with E-state index in [4.69, 9.17) is 8.92 Å². The van der Waals surface area contributed by atoms with Crippen LogP contribution in [0.1, 0.15) is 15.9 Å². The second-order valence-corrected chi connectivity index (χ2v) is 6.75. The molecular formula is C18H14O5S. The number of Topliss-reactive ketones (excluding diaryl/α,β-unsaturated/α-hetero) is 1. The first-order valence-corrected chi connectivity index (χ1v) is 8.93. The fraction of sp³-hybridized carbons (Fsp3) is 0.0556. The molecule has 0 amide bonds. The number of rotatable bonds is 4. The van der Waals surface area contributed by atoms with Crippen LogP contribution in [0, 0.1) is 0 Å². The molecule has 0 bridgehead atoms. The van der Waals surface area contributed by atoms with E-state index >= 15 is 0 Å². The number of benzene rings is 2. The summed E-state index contributed by atoms with van der Waals surface area (Å²) in [5.74, 6) is 0.299. The van der Waals surface area contributed by atoms with Gasteiger partial charge in [0.2, 0.25) is 5.78 Å². The van der Waals surface area contributed by atoms with E-state index in [-0.39, 0.29) is 23.0 Å². The minimum absolute atomic E-state index is 0.102. The Morgan fingerprint density at radius 1 is 1.08 bits per heavy atom. The van der Waals surface area contributed by atoms with Gasteiger partial charge in [0.05, 0.1) is 11.8 Å². The lowest BCUT2D eigenvalue weighted by Gasteiger charge is -2.03. The van der Waals surface area contributed by atoms with E-state index in [2.05, 4.69) is 0 Å². The predicted molar refractivity (Wildman–Crippen MR) is 90.4 cm³/mol. The third-order valence-corrected chi connectivity index (χ3v) is 3.72. The molecule has 24 heavy (non-hydrogen) atoms. The van der Waals surface area contributed by atoms with Crippen LogP contribution in [0.5, 0.6) is 11.5 Å². The zero-order valence-corrected chi connectivity index (χ0v) is 13.6. The first-order chi connectivity index (χ1) is 11.4. The maximum atomic E-state index is 12.2. The highest BCUT2D eigenvalue weighted by molar-refractivity contribution is 7.86. The summed E-state index contributed by atoms with van der Waals surface area (Å²) in [6.45, 7) is 0. The molecule has 0 atom stereocenters. The first-order valence-electron chi connectivity index (χ1n) is 7.12. The summed E-state index contributed by atoms with van der Waals surface area (Å²) in [5, 5.41) is 0. The van der Waals surface area contributed by atoms with Gasteiger partial charge in [0, 0.05) is 6.07 Å². The van der Waals surface area contributed by atoms with Gasteiger partial charge < -0.3 is 8.92 Å². The molecule has 0 radical (unpaired) electrons. The minimum atomic E-state index is -3.63. The van der Waals surface area contributed by atoms with Gasteiger partial charge in [-0.15, -0.1) is 0 Å². The van der Waals surface area contributed by atoms with Crippen LogP contribution in [-0.4, -0.2) is 20.5 Å². The van der Waals surface area contributed by atoms with Crippen molar-refractivity contribution in [3.05, 3.63) is 77.6 Å². The summed E-state index contributed by atoms with van der Waals surface area (Å²) < 4.78 is 32.6. The van der Waals surface area contributed by atoms with Crippen LogP contribution in [0.15, 0.2) is 66.4 Å². The molecule has 0 spiro atoms. The highest BCUT2D eigenvalue weighted by Crippen LogP contribution is 2.34. The zero-order valence-electron chi connectivity index (χ0n) is 12.8. The van der Waals surface area contributed by atoms with Gasteiger partial charge >= 0.3 is 10.1 Å². The number of carbonyl (C=O) groups is 1. The standard InChI is InChI=1S/C18H14O5S/c1-24(20,21)23-14-10-11-15-17(12-14)22-16(18(15)19)9-5-8-13-6-3-2-4-7-13/h2-12H,1H3. The maximum Gasteiger partial charge on any atom is 0.306 e. The Kier molecular flexibility index (Phi) is 4.22. The Bertz CT molecular complexity index is 941. The first kappa shape index (κ1) is 16.0. The second kappa shape index (κ2) is 6.33. The van der Waals surface area contributed by atoms with Gasteiger partial charge in [0.1, 0.15) is 11.5 Å². The van der Waals surface area contributed by atoms with Crippen molar-refractivity contribution >= 4 is 22.0 Å². The lowest BCUT2D eigenvalue weighted by Crippen LogP contribution is -2.05. The highest BCUT2D eigenvalue weighted by atomic mass is 32.2. The van der Waals surface area contributed by atoms with Crippen LogP contribution in [-0.2, 0) is 10.1 Å². The van der Waals surface area contributed by atoms with Crippen molar-refractivity contribution < 1.29 is 22.1 Å². The van der Waals surface area contributed by atoms with Crippen LogP contribution in [0.2, 0.25) is 0 Å². The van der Waals surface area contributed by atoms with Crippen molar-refractivity contribution in [3.63, 3.8) is 0 Å². The summed E-state index contributed by atoms with van der Waals surface area (Å²) >= 11 is 0. The smallest absolute Gasteiger partial charge is 0.306 e. The van der Waals surface area contributed by atoms with Crippen LogP contribution < -0.4 is 8.92 Å². The number of allylic oxidation sites excluding steroid dienone is 3. The lowest BCUT2D eigenvalue weighted by molar-refractivity contribution is 0.101. The molecule has 2 aromatic rings. The van der Waals surface area contributed by atoms with E-state index in [0.29, 0.717) is 5.56 Å². The number of hydrogen-bond donors (Lipinski definition) is 0. The maximum absolute atomic E-state index is 12.2. The third kappa shape index (κ3) is 3.72. The van der Waals surface area contributed by atoms with Crippen molar-refractivity contribution in [3.8, 4) is 11.5 Å². The molecule has 0 saturated heterocycles. The van der Waals surface area contributed by atoms with Gasteiger partial charge in [0.25, 0.3) is 0 Å². The molecule has 0 unspecified atom stereocenters. The van der Waals surface area contributed by atoms with E-state index in [1.165, 1.54) is 18.2 Å². The van der Waals surface area contributed by atoms with Gasteiger partial charge in [-0.05, 0) is 23.8 Å². The van der Waals surface area contributed by atoms with Crippen LogP contribution in [0.25, 0.3) is 6.08 Å². The van der Waals surface area contributed by atoms with E-state index in [0.717, 1.165) is 11.8 Å². The van der Waals surface area contributed by atoms with Gasteiger partial charge in [0.15, 0.2) is 5.76 Å². The van der Waals surface area contributed by atoms with Crippen LogP contribution >= 0.6 is 0 Å². The molecule has 0 saturated carbocycles. The number of hydrogen-bond acceptors (Lipinski definition) is 5. The lowest BCUT2D eigenvalue weighted by atomic mass is 10.1. The third-order valence-electron chi connectivity index (χ3n) is 3.22. The van der Waals surface area contributed by atoms with Gasteiger partial charge in [-0.2, -0.15) is 8.42 Å².